The van der Waals surface area contributed by atoms with Gasteiger partial charge in [-0.05, 0) is 61.3 Å². The van der Waals surface area contributed by atoms with Crippen molar-refractivity contribution in [1.29, 1.82) is 0 Å². The first kappa shape index (κ1) is 21.0. The van der Waals surface area contributed by atoms with Crippen molar-refractivity contribution in [2.75, 3.05) is 38.5 Å². The molecule has 2 aliphatic heterocycles. The van der Waals surface area contributed by atoms with E-state index >= 15 is 0 Å². The third-order valence-corrected chi connectivity index (χ3v) is 7.87. The number of urea groups is 1. The third kappa shape index (κ3) is 3.43. The highest BCUT2D eigenvalue weighted by Crippen LogP contribution is 2.62. The minimum absolute atomic E-state index is 0.00770. The van der Waals surface area contributed by atoms with Gasteiger partial charge in [-0.25, -0.2) is 4.79 Å². The van der Waals surface area contributed by atoms with Gasteiger partial charge >= 0.3 is 6.03 Å². The summed E-state index contributed by atoms with van der Waals surface area (Å²) in [7, 11) is 1.68. The molecule has 1 saturated carbocycles. The largest absolute Gasteiger partial charge is 0.359 e. The van der Waals surface area contributed by atoms with Crippen molar-refractivity contribution < 1.29 is 14.4 Å². The molecule has 0 radical (unpaired) electrons. The molecule has 0 aromatic heterocycles. The van der Waals surface area contributed by atoms with Crippen LogP contribution in [0.3, 0.4) is 0 Å². The Balaban J connectivity index is 1.45. The number of nitrogens with zero attached hydrogens (tertiary/aromatic N) is 2. The van der Waals surface area contributed by atoms with Crippen LogP contribution in [0.2, 0.25) is 5.02 Å². The zero-order valence-corrected chi connectivity index (χ0v) is 18.3. The first-order valence-electron chi connectivity index (χ1n) is 10.6. The fraction of sp³-hybridized carbons (Fsp3) is 0.591. The molecule has 162 valence electrons. The summed E-state index contributed by atoms with van der Waals surface area (Å²) in [4.78, 5) is 41.3. The number of hydrogen-bond acceptors (Lipinski definition) is 3. The van der Waals surface area contributed by atoms with Crippen LogP contribution in [-0.2, 0) is 9.59 Å². The molecule has 0 unspecified atom stereocenters. The molecule has 4 rings (SSSR count). The average molecular weight is 433 g/mol. The van der Waals surface area contributed by atoms with Crippen LogP contribution in [0.15, 0.2) is 24.3 Å². The fourth-order valence-corrected chi connectivity index (χ4v) is 6.04. The molecule has 1 spiro atoms. The number of likely N-dealkylation sites (tertiary alicyclic amines) is 2. The van der Waals surface area contributed by atoms with Gasteiger partial charge in [0, 0.05) is 50.9 Å². The quantitative estimate of drug-likeness (QED) is 0.753. The molecule has 2 heterocycles. The first-order valence-corrected chi connectivity index (χ1v) is 11.0. The lowest BCUT2D eigenvalue weighted by Gasteiger charge is -2.44. The summed E-state index contributed by atoms with van der Waals surface area (Å²) in [6, 6.07) is 6.96. The molecule has 1 aromatic carbocycles. The predicted octanol–water partition coefficient (Wildman–Crippen LogP) is 2.96. The Labute approximate surface area is 182 Å². The normalized spacial score (nSPS) is 27.1. The molecular weight excluding hydrogens is 404 g/mol. The Kier molecular flexibility index (Phi) is 5.43. The summed E-state index contributed by atoms with van der Waals surface area (Å²) in [5.74, 6) is 0.231. The van der Waals surface area contributed by atoms with Crippen LogP contribution in [0.5, 0.6) is 0 Å². The number of carbonyl (C=O) groups excluding carboxylic acids is 3. The van der Waals surface area contributed by atoms with Gasteiger partial charge in [0.05, 0.1) is 5.41 Å². The van der Waals surface area contributed by atoms with Gasteiger partial charge in [0.1, 0.15) is 0 Å². The lowest BCUT2D eigenvalue weighted by atomic mass is 9.65. The highest BCUT2D eigenvalue weighted by atomic mass is 35.5. The monoisotopic (exact) mass is 432 g/mol. The van der Waals surface area contributed by atoms with Crippen molar-refractivity contribution >= 4 is 35.1 Å². The molecule has 1 aliphatic carbocycles. The number of amides is 4. The van der Waals surface area contributed by atoms with E-state index in [1.54, 1.807) is 38.2 Å². The van der Waals surface area contributed by atoms with Gasteiger partial charge in [0.25, 0.3) is 0 Å². The second-order valence-corrected chi connectivity index (χ2v) is 9.41. The van der Waals surface area contributed by atoms with Crippen LogP contribution in [0.25, 0.3) is 0 Å². The number of hydrogen-bond donors (Lipinski definition) is 2. The molecular formula is C22H29ClN4O3. The fourth-order valence-electron chi connectivity index (χ4n) is 5.91. The third-order valence-electron chi connectivity index (χ3n) is 7.62. The lowest BCUT2D eigenvalue weighted by molar-refractivity contribution is -0.133. The Bertz CT molecular complexity index is 850. The van der Waals surface area contributed by atoms with E-state index in [1.807, 2.05) is 9.80 Å². The van der Waals surface area contributed by atoms with Crippen LogP contribution in [0, 0.1) is 16.7 Å². The molecule has 3 fully saturated rings. The molecule has 4 amide bonds. The summed E-state index contributed by atoms with van der Waals surface area (Å²) in [6.07, 6.45) is 3.49. The van der Waals surface area contributed by atoms with Crippen LogP contribution in [0.1, 0.15) is 32.6 Å². The summed E-state index contributed by atoms with van der Waals surface area (Å²) in [6.45, 7) is 4.03. The van der Waals surface area contributed by atoms with Crippen LogP contribution in [-0.4, -0.2) is 60.9 Å². The molecule has 30 heavy (non-hydrogen) atoms. The zero-order valence-electron chi connectivity index (χ0n) is 17.5. The first-order chi connectivity index (χ1) is 14.3. The van der Waals surface area contributed by atoms with Gasteiger partial charge in [-0.1, -0.05) is 11.6 Å². The Morgan fingerprint density at radius 1 is 1.03 bits per heavy atom. The number of halogens is 1. The SMILES string of the molecule is CNC(=O)[C@@]12CCC3(CCN(C(=O)Nc4ccc(Cl)cc4)CC3)[C@@H]1CN(C(C)=O)C2. The second kappa shape index (κ2) is 7.76. The number of fused-ring (bicyclic) bond motifs is 2. The van der Waals surface area contributed by atoms with E-state index in [1.165, 1.54) is 0 Å². The van der Waals surface area contributed by atoms with Gasteiger partial charge in [0.15, 0.2) is 0 Å². The molecule has 2 N–H and O–H groups in total. The molecule has 7 nitrogen and oxygen atoms in total. The van der Waals surface area contributed by atoms with Gasteiger partial charge in [-0.3, -0.25) is 9.59 Å². The predicted molar refractivity (Wildman–Crippen MR) is 115 cm³/mol. The van der Waals surface area contributed by atoms with Crippen molar-refractivity contribution in [2.45, 2.75) is 32.6 Å². The number of benzene rings is 1. The lowest BCUT2D eigenvalue weighted by Crippen LogP contribution is -2.50. The van der Waals surface area contributed by atoms with Crippen LogP contribution in [0.4, 0.5) is 10.5 Å². The van der Waals surface area contributed by atoms with E-state index < -0.39 is 5.41 Å². The smallest absolute Gasteiger partial charge is 0.321 e. The molecule has 8 heteroatoms. The van der Waals surface area contributed by atoms with Crippen molar-refractivity contribution in [2.24, 2.45) is 16.7 Å². The summed E-state index contributed by atoms with van der Waals surface area (Å²) >= 11 is 5.91. The second-order valence-electron chi connectivity index (χ2n) is 8.97. The van der Waals surface area contributed by atoms with Gasteiger partial charge in [-0.15, -0.1) is 0 Å². The van der Waals surface area contributed by atoms with Crippen LogP contribution < -0.4 is 10.6 Å². The maximum atomic E-state index is 12.9. The van der Waals surface area contributed by atoms with Gasteiger partial charge < -0.3 is 20.4 Å². The highest BCUT2D eigenvalue weighted by molar-refractivity contribution is 6.30. The summed E-state index contributed by atoms with van der Waals surface area (Å²) in [5.41, 5.74) is 0.235. The standard InChI is InChI=1S/C22H29ClN4O3/c1-15(28)27-13-18-21(7-8-22(18,14-27)19(29)24-2)9-11-26(12-10-21)20(30)25-17-5-3-16(23)4-6-17/h3-6,18H,7-14H2,1-2H3,(H,24,29)(H,25,30)/t18-,22+/m0/s1. The molecule has 0 bridgehead atoms. The summed E-state index contributed by atoms with van der Waals surface area (Å²) < 4.78 is 0. The molecule has 2 saturated heterocycles. The minimum Gasteiger partial charge on any atom is -0.359 e. The van der Waals surface area contributed by atoms with E-state index in [0.717, 1.165) is 31.4 Å². The van der Waals surface area contributed by atoms with Gasteiger partial charge in [-0.2, -0.15) is 0 Å². The molecule has 1 aromatic rings. The topological polar surface area (TPSA) is 81.8 Å². The number of nitrogens with one attached hydrogen (secondary N) is 2. The molecule has 2 atom stereocenters. The Morgan fingerprint density at radius 2 is 1.70 bits per heavy atom. The summed E-state index contributed by atoms with van der Waals surface area (Å²) in [5, 5.41) is 6.41. The van der Waals surface area contributed by atoms with Crippen LogP contribution >= 0.6 is 11.6 Å². The maximum Gasteiger partial charge on any atom is 0.321 e. The zero-order chi connectivity index (χ0) is 21.5. The van der Waals surface area contributed by atoms with Crippen molar-refractivity contribution in [3.63, 3.8) is 0 Å². The number of anilines is 1. The van der Waals surface area contributed by atoms with E-state index in [-0.39, 0.29) is 29.2 Å². The highest BCUT2D eigenvalue weighted by Gasteiger charge is 2.64. The van der Waals surface area contributed by atoms with Crippen molar-refractivity contribution in [3.05, 3.63) is 29.3 Å². The average Bonchev–Trinajstić information content (AvgIpc) is 3.27. The Hall–Kier alpha value is -2.28. The van der Waals surface area contributed by atoms with E-state index in [4.69, 9.17) is 11.6 Å². The Morgan fingerprint density at radius 3 is 2.30 bits per heavy atom. The number of rotatable bonds is 2. The maximum absolute atomic E-state index is 12.9. The van der Waals surface area contributed by atoms with Gasteiger partial charge in [0.2, 0.25) is 11.8 Å². The van der Waals surface area contributed by atoms with Crippen molar-refractivity contribution in [3.8, 4) is 0 Å². The van der Waals surface area contributed by atoms with Crippen molar-refractivity contribution in [1.82, 2.24) is 15.1 Å². The van der Waals surface area contributed by atoms with E-state index in [0.29, 0.717) is 31.2 Å². The number of carbonyl (C=O) groups is 3. The molecule has 3 aliphatic rings. The number of piperidine rings is 1. The minimum atomic E-state index is -0.492. The van der Waals surface area contributed by atoms with E-state index in [2.05, 4.69) is 10.6 Å². The van der Waals surface area contributed by atoms with E-state index in [9.17, 15) is 14.4 Å².